The molecule has 1 aromatic heterocycles. The number of anilines is 1. The van der Waals surface area contributed by atoms with E-state index in [0.29, 0.717) is 25.4 Å². The van der Waals surface area contributed by atoms with Gasteiger partial charge in [0.2, 0.25) is 5.91 Å². The van der Waals surface area contributed by atoms with E-state index in [1.165, 1.54) is 6.33 Å². The highest BCUT2D eigenvalue weighted by Gasteiger charge is 2.06. The predicted molar refractivity (Wildman–Crippen MR) is 81.6 cm³/mol. The summed E-state index contributed by atoms with van der Waals surface area (Å²) in [4.78, 5) is 15.7. The van der Waals surface area contributed by atoms with Crippen LogP contribution in [0, 0.1) is 5.92 Å². The fraction of sp³-hybridized carbons (Fsp3) is 0.400. The first kappa shape index (κ1) is 15.2. The fourth-order valence-corrected chi connectivity index (χ4v) is 1.91. The molecule has 6 nitrogen and oxygen atoms in total. The molecule has 2 aromatic rings. The molecule has 0 aliphatic rings. The molecule has 1 heterocycles. The lowest BCUT2D eigenvalue weighted by atomic mass is 10.1. The Labute approximate surface area is 124 Å². The van der Waals surface area contributed by atoms with Gasteiger partial charge in [0.15, 0.2) is 0 Å². The van der Waals surface area contributed by atoms with Gasteiger partial charge in [0, 0.05) is 12.1 Å². The molecule has 0 bridgehead atoms. The van der Waals surface area contributed by atoms with Crippen molar-refractivity contribution >= 4 is 11.6 Å². The van der Waals surface area contributed by atoms with E-state index in [4.69, 9.17) is 5.73 Å². The highest BCUT2D eigenvalue weighted by Crippen LogP contribution is 2.12. The third-order valence-corrected chi connectivity index (χ3v) is 3.32. The topological polar surface area (TPSA) is 85.8 Å². The van der Waals surface area contributed by atoms with Crippen LogP contribution in [0.25, 0.3) is 0 Å². The van der Waals surface area contributed by atoms with Crippen LogP contribution in [0.15, 0.2) is 36.9 Å². The predicted octanol–water partition coefficient (Wildman–Crippen LogP) is 1.64. The molecule has 0 saturated heterocycles. The number of nitrogens with two attached hydrogens (primary N) is 1. The minimum Gasteiger partial charge on any atom is -0.330 e. The van der Waals surface area contributed by atoms with E-state index in [2.05, 4.69) is 15.4 Å². The van der Waals surface area contributed by atoms with Gasteiger partial charge in [-0.15, -0.1) is 0 Å². The summed E-state index contributed by atoms with van der Waals surface area (Å²) in [5.74, 6) is 0.403. The van der Waals surface area contributed by atoms with Gasteiger partial charge >= 0.3 is 0 Å². The third-order valence-electron chi connectivity index (χ3n) is 3.32. The van der Waals surface area contributed by atoms with Gasteiger partial charge in [-0.2, -0.15) is 5.10 Å². The van der Waals surface area contributed by atoms with Gasteiger partial charge in [0.05, 0.1) is 6.54 Å². The summed E-state index contributed by atoms with van der Waals surface area (Å²) < 4.78 is 1.75. The number of benzene rings is 1. The molecule has 1 atom stereocenters. The van der Waals surface area contributed by atoms with Gasteiger partial charge < -0.3 is 11.1 Å². The molecule has 0 aliphatic carbocycles. The van der Waals surface area contributed by atoms with E-state index >= 15 is 0 Å². The first-order valence-electron chi connectivity index (χ1n) is 7.08. The number of nitrogens with one attached hydrogen (secondary N) is 1. The standard InChI is InChI=1S/C15H21N5O/c1-12(8-16)2-7-15(21)19-14-5-3-13(4-6-14)9-20-11-17-10-18-20/h3-6,10-12H,2,7-9,16H2,1H3,(H,19,21). The molecule has 1 aromatic carbocycles. The molecule has 0 radical (unpaired) electrons. The summed E-state index contributed by atoms with van der Waals surface area (Å²) in [5.41, 5.74) is 7.45. The molecule has 112 valence electrons. The molecule has 2 rings (SSSR count). The van der Waals surface area contributed by atoms with Crippen molar-refractivity contribution in [3.05, 3.63) is 42.5 Å². The average Bonchev–Trinajstić information content (AvgIpc) is 3.00. The van der Waals surface area contributed by atoms with Crippen molar-refractivity contribution in [3.8, 4) is 0 Å². The largest absolute Gasteiger partial charge is 0.330 e. The summed E-state index contributed by atoms with van der Waals surface area (Å²) >= 11 is 0. The highest BCUT2D eigenvalue weighted by atomic mass is 16.1. The zero-order chi connectivity index (χ0) is 15.1. The van der Waals surface area contributed by atoms with E-state index in [0.717, 1.165) is 17.7 Å². The number of aromatic nitrogens is 3. The Balaban J connectivity index is 1.83. The Kier molecular flexibility index (Phi) is 5.45. The monoisotopic (exact) mass is 287 g/mol. The number of hydrogen-bond donors (Lipinski definition) is 2. The minimum atomic E-state index is 0.0272. The number of carbonyl (C=O) groups excluding carboxylic acids is 1. The van der Waals surface area contributed by atoms with Gasteiger partial charge in [-0.1, -0.05) is 19.1 Å². The summed E-state index contributed by atoms with van der Waals surface area (Å²) in [7, 11) is 0. The van der Waals surface area contributed by atoms with Crippen molar-refractivity contribution in [1.82, 2.24) is 14.8 Å². The van der Waals surface area contributed by atoms with Crippen LogP contribution in [0.2, 0.25) is 0 Å². The summed E-state index contributed by atoms with van der Waals surface area (Å²) in [5, 5.41) is 6.95. The number of rotatable bonds is 7. The normalized spacial score (nSPS) is 12.1. The molecular formula is C15H21N5O. The zero-order valence-electron chi connectivity index (χ0n) is 12.2. The molecule has 0 spiro atoms. The summed E-state index contributed by atoms with van der Waals surface area (Å²) in [6.45, 7) is 3.33. The van der Waals surface area contributed by atoms with Crippen molar-refractivity contribution in [2.45, 2.75) is 26.3 Å². The van der Waals surface area contributed by atoms with Gasteiger partial charge in [0.25, 0.3) is 0 Å². The quantitative estimate of drug-likeness (QED) is 0.810. The van der Waals surface area contributed by atoms with Crippen LogP contribution in [0.4, 0.5) is 5.69 Å². The molecule has 1 amide bonds. The van der Waals surface area contributed by atoms with Crippen LogP contribution in [-0.4, -0.2) is 27.2 Å². The van der Waals surface area contributed by atoms with Crippen LogP contribution in [0.5, 0.6) is 0 Å². The van der Waals surface area contributed by atoms with Gasteiger partial charge in [-0.3, -0.25) is 4.79 Å². The van der Waals surface area contributed by atoms with Crippen molar-refractivity contribution in [1.29, 1.82) is 0 Å². The van der Waals surface area contributed by atoms with Crippen LogP contribution >= 0.6 is 0 Å². The second kappa shape index (κ2) is 7.54. The number of amides is 1. The van der Waals surface area contributed by atoms with Crippen molar-refractivity contribution in [3.63, 3.8) is 0 Å². The Bertz CT molecular complexity index is 550. The molecule has 6 heteroatoms. The van der Waals surface area contributed by atoms with Crippen LogP contribution in [0.3, 0.4) is 0 Å². The molecule has 1 unspecified atom stereocenters. The first-order chi connectivity index (χ1) is 10.2. The van der Waals surface area contributed by atoms with Gasteiger partial charge in [0.1, 0.15) is 12.7 Å². The molecular weight excluding hydrogens is 266 g/mol. The van der Waals surface area contributed by atoms with Crippen LogP contribution in [-0.2, 0) is 11.3 Å². The van der Waals surface area contributed by atoms with Crippen molar-refractivity contribution < 1.29 is 4.79 Å². The summed E-state index contributed by atoms with van der Waals surface area (Å²) in [6.07, 6.45) is 4.50. The van der Waals surface area contributed by atoms with Crippen LogP contribution in [0.1, 0.15) is 25.3 Å². The Morgan fingerprint density at radius 3 is 2.76 bits per heavy atom. The van der Waals surface area contributed by atoms with Crippen LogP contribution < -0.4 is 11.1 Å². The minimum absolute atomic E-state index is 0.0272. The maximum atomic E-state index is 11.8. The lowest BCUT2D eigenvalue weighted by molar-refractivity contribution is -0.116. The number of nitrogens with zero attached hydrogens (tertiary/aromatic N) is 3. The maximum absolute atomic E-state index is 11.8. The van der Waals surface area contributed by atoms with Crippen molar-refractivity contribution in [2.24, 2.45) is 11.7 Å². The Hall–Kier alpha value is -2.21. The van der Waals surface area contributed by atoms with Crippen molar-refractivity contribution in [2.75, 3.05) is 11.9 Å². The fourth-order valence-electron chi connectivity index (χ4n) is 1.91. The van der Waals surface area contributed by atoms with Gasteiger partial charge in [-0.25, -0.2) is 9.67 Å². The van der Waals surface area contributed by atoms with E-state index in [1.807, 2.05) is 31.2 Å². The molecule has 0 saturated carbocycles. The third kappa shape index (κ3) is 5.00. The molecule has 0 fully saturated rings. The average molecular weight is 287 g/mol. The molecule has 3 N–H and O–H groups in total. The summed E-state index contributed by atoms with van der Waals surface area (Å²) in [6, 6.07) is 7.74. The van der Waals surface area contributed by atoms with E-state index in [1.54, 1.807) is 11.0 Å². The molecule has 21 heavy (non-hydrogen) atoms. The van der Waals surface area contributed by atoms with E-state index in [-0.39, 0.29) is 5.91 Å². The number of hydrogen-bond acceptors (Lipinski definition) is 4. The molecule has 0 aliphatic heterocycles. The Morgan fingerprint density at radius 1 is 1.38 bits per heavy atom. The van der Waals surface area contributed by atoms with E-state index < -0.39 is 0 Å². The van der Waals surface area contributed by atoms with E-state index in [9.17, 15) is 4.79 Å². The highest BCUT2D eigenvalue weighted by molar-refractivity contribution is 5.90. The van der Waals surface area contributed by atoms with Gasteiger partial charge in [-0.05, 0) is 36.6 Å². The second-order valence-corrected chi connectivity index (χ2v) is 5.22. The zero-order valence-corrected chi connectivity index (χ0v) is 12.2. The lowest BCUT2D eigenvalue weighted by Gasteiger charge is -2.09. The first-order valence-corrected chi connectivity index (χ1v) is 7.08. The maximum Gasteiger partial charge on any atom is 0.224 e. The smallest absolute Gasteiger partial charge is 0.224 e. The second-order valence-electron chi connectivity index (χ2n) is 5.22. The Morgan fingerprint density at radius 2 is 2.14 bits per heavy atom. The lowest BCUT2D eigenvalue weighted by Crippen LogP contribution is -2.16. The SMILES string of the molecule is CC(CN)CCC(=O)Nc1ccc(Cn2cncn2)cc1. The number of carbonyl (C=O) groups is 1.